The summed E-state index contributed by atoms with van der Waals surface area (Å²) in [4.78, 5) is 4.39. The normalized spacial score (nSPS) is 16.4. The number of furan rings is 1. The second-order valence-corrected chi connectivity index (χ2v) is 5.05. The number of pyridine rings is 1. The van der Waals surface area contributed by atoms with Gasteiger partial charge in [-0.1, -0.05) is 0 Å². The quantitative estimate of drug-likeness (QED) is 0.801. The molecule has 6 nitrogen and oxygen atoms in total. The molecule has 1 N–H and O–H groups in total. The molecule has 0 aliphatic carbocycles. The monoisotopic (exact) mass is 285 g/mol. The number of nitrogens with one attached hydrogen (secondary N) is 1. The lowest BCUT2D eigenvalue weighted by Gasteiger charge is -2.23. The van der Waals surface area contributed by atoms with Crippen LogP contribution < -0.4 is 4.74 Å². The van der Waals surface area contributed by atoms with Gasteiger partial charge in [0.05, 0.1) is 36.6 Å². The summed E-state index contributed by atoms with van der Waals surface area (Å²) in [6.07, 6.45) is 6.94. The number of H-pyrrole nitrogens is 1. The predicted molar refractivity (Wildman–Crippen MR) is 76.1 cm³/mol. The van der Waals surface area contributed by atoms with E-state index in [9.17, 15) is 0 Å². The minimum atomic E-state index is 0.143. The largest absolute Gasteiger partial charge is 0.474 e. The summed E-state index contributed by atoms with van der Waals surface area (Å²) in [6, 6.07) is 3.77. The molecular formula is C15H15N3O3. The maximum atomic E-state index is 6.08. The van der Waals surface area contributed by atoms with E-state index in [1.54, 1.807) is 18.7 Å². The molecule has 0 spiro atoms. The molecular weight excluding hydrogens is 270 g/mol. The molecule has 3 aromatic rings. The fraction of sp³-hybridized carbons (Fsp3) is 0.333. The summed E-state index contributed by atoms with van der Waals surface area (Å²) in [6.45, 7) is 1.47. The Balaban J connectivity index is 1.75. The lowest BCUT2D eigenvalue weighted by atomic mass is 10.1. The highest BCUT2D eigenvalue weighted by Crippen LogP contribution is 2.33. The van der Waals surface area contributed by atoms with E-state index >= 15 is 0 Å². The van der Waals surface area contributed by atoms with Gasteiger partial charge in [0.1, 0.15) is 11.8 Å². The van der Waals surface area contributed by atoms with Gasteiger partial charge in [0.25, 0.3) is 0 Å². The number of rotatable bonds is 3. The molecule has 21 heavy (non-hydrogen) atoms. The lowest BCUT2D eigenvalue weighted by Crippen LogP contribution is -2.26. The van der Waals surface area contributed by atoms with Crippen molar-refractivity contribution < 1.29 is 13.9 Å². The molecule has 0 unspecified atom stereocenters. The van der Waals surface area contributed by atoms with Crippen LogP contribution in [0.1, 0.15) is 12.8 Å². The van der Waals surface area contributed by atoms with Crippen LogP contribution in [0.2, 0.25) is 0 Å². The first-order valence-corrected chi connectivity index (χ1v) is 7.02. The molecule has 1 saturated heterocycles. The van der Waals surface area contributed by atoms with Gasteiger partial charge in [-0.25, -0.2) is 4.98 Å². The zero-order valence-electron chi connectivity index (χ0n) is 11.4. The van der Waals surface area contributed by atoms with Gasteiger partial charge in [-0.2, -0.15) is 5.10 Å². The third-order valence-electron chi connectivity index (χ3n) is 3.68. The van der Waals surface area contributed by atoms with Crippen LogP contribution in [0.15, 0.2) is 35.3 Å². The second-order valence-electron chi connectivity index (χ2n) is 5.05. The van der Waals surface area contributed by atoms with Crippen LogP contribution in [0.3, 0.4) is 0 Å². The van der Waals surface area contributed by atoms with E-state index in [1.807, 2.05) is 12.1 Å². The summed E-state index contributed by atoms with van der Waals surface area (Å²) in [5.74, 6) is 0.615. The summed E-state index contributed by atoms with van der Waals surface area (Å²) in [5.41, 5.74) is 2.61. The van der Waals surface area contributed by atoms with Crippen molar-refractivity contribution in [2.45, 2.75) is 18.9 Å². The van der Waals surface area contributed by atoms with Crippen molar-refractivity contribution in [3.8, 4) is 17.1 Å². The van der Waals surface area contributed by atoms with E-state index in [0.29, 0.717) is 5.88 Å². The van der Waals surface area contributed by atoms with Gasteiger partial charge < -0.3 is 13.9 Å². The molecule has 0 saturated carbocycles. The van der Waals surface area contributed by atoms with Gasteiger partial charge in [0, 0.05) is 24.6 Å². The van der Waals surface area contributed by atoms with Gasteiger partial charge in [0.15, 0.2) is 0 Å². The third-order valence-corrected chi connectivity index (χ3v) is 3.68. The van der Waals surface area contributed by atoms with Crippen LogP contribution >= 0.6 is 0 Å². The maximum Gasteiger partial charge on any atom is 0.225 e. The summed E-state index contributed by atoms with van der Waals surface area (Å²) < 4.78 is 16.6. The minimum Gasteiger partial charge on any atom is -0.474 e. The number of ether oxygens (including phenoxy) is 2. The van der Waals surface area contributed by atoms with Gasteiger partial charge >= 0.3 is 0 Å². The third kappa shape index (κ3) is 2.27. The molecule has 1 aliphatic heterocycles. The zero-order chi connectivity index (χ0) is 14.1. The molecule has 0 atom stereocenters. The first kappa shape index (κ1) is 12.4. The van der Waals surface area contributed by atoms with Crippen LogP contribution in [0.25, 0.3) is 22.2 Å². The highest BCUT2D eigenvalue weighted by atomic mass is 16.5. The van der Waals surface area contributed by atoms with Crippen LogP contribution in [-0.2, 0) is 4.74 Å². The van der Waals surface area contributed by atoms with Crippen LogP contribution in [-0.4, -0.2) is 34.5 Å². The van der Waals surface area contributed by atoms with E-state index < -0.39 is 0 Å². The van der Waals surface area contributed by atoms with Crippen LogP contribution in [0, 0.1) is 0 Å². The Kier molecular flexibility index (Phi) is 3.08. The van der Waals surface area contributed by atoms with Crippen molar-refractivity contribution in [1.29, 1.82) is 0 Å². The van der Waals surface area contributed by atoms with Crippen molar-refractivity contribution in [2.24, 2.45) is 0 Å². The maximum absolute atomic E-state index is 6.08. The smallest absolute Gasteiger partial charge is 0.225 e. The Hall–Kier alpha value is -2.34. The fourth-order valence-corrected chi connectivity index (χ4v) is 2.59. The van der Waals surface area contributed by atoms with Crippen molar-refractivity contribution in [3.63, 3.8) is 0 Å². The Morgan fingerprint density at radius 1 is 1.24 bits per heavy atom. The van der Waals surface area contributed by atoms with Gasteiger partial charge in [-0.15, -0.1) is 0 Å². The lowest BCUT2D eigenvalue weighted by molar-refractivity contribution is 0.0244. The van der Waals surface area contributed by atoms with Crippen molar-refractivity contribution in [3.05, 3.63) is 30.9 Å². The molecule has 4 heterocycles. The summed E-state index contributed by atoms with van der Waals surface area (Å²) in [7, 11) is 0. The fourth-order valence-electron chi connectivity index (χ4n) is 2.59. The number of aromatic nitrogens is 3. The first-order valence-electron chi connectivity index (χ1n) is 7.02. The molecule has 1 fully saturated rings. The van der Waals surface area contributed by atoms with Gasteiger partial charge in [-0.05, 0) is 12.1 Å². The Morgan fingerprint density at radius 2 is 2.14 bits per heavy atom. The van der Waals surface area contributed by atoms with E-state index in [0.717, 1.165) is 48.2 Å². The van der Waals surface area contributed by atoms with Crippen molar-refractivity contribution in [2.75, 3.05) is 13.2 Å². The number of hydrogen-bond donors (Lipinski definition) is 1. The number of nitrogens with zero attached hydrogens (tertiary/aromatic N) is 2. The molecule has 3 aromatic heterocycles. The standard InChI is InChI=1S/C15H15N3O3/c1-5-16-15(21-11-3-7-19-8-4-11)13-12(1)17-18-14(13)10-2-6-20-9-10/h1-2,5-6,9,11H,3-4,7-8H2,(H,17,18). The van der Waals surface area contributed by atoms with Crippen molar-refractivity contribution >= 4 is 10.9 Å². The molecule has 4 rings (SSSR count). The zero-order valence-corrected chi connectivity index (χ0v) is 11.4. The molecule has 0 aromatic carbocycles. The second kappa shape index (κ2) is 5.21. The van der Waals surface area contributed by atoms with E-state index in [-0.39, 0.29) is 6.10 Å². The predicted octanol–water partition coefficient (Wildman–Crippen LogP) is 2.78. The highest BCUT2D eigenvalue weighted by molar-refractivity contribution is 5.96. The number of hydrogen-bond acceptors (Lipinski definition) is 5. The average Bonchev–Trinajstić information content (AvgIpc) is 3.17. The Bertz CT molecular complexity index is 730. The van der Waals surface area contributed by atoms with Gasteiger partial charge in [0.2, 0.25) is 5.88 Å². The topological polar surface area (TPSA) is 73.2 Å². The van der Waals surface area contributed by atoms with Crippen LogP contribution in [0.5, 0.6) is 5.88 Å². The molecule has 0 radical (unpaired) electrons. The van der Waals surface area contributed by atoms with Gasteiger partial charge in [-0.3, -0.25) is 5.10 Å². The Labute approximate surface area is 121 Å². The minimum absolute atomic E-state index is 0.143. The number of fused-ring (bicyclic) bond motifs is 1. The highest BCUT2D eigenvalue weighted by Gasteiger charge is 2.20. The SMILES string of the molecule is c1cc2[nH]nc(-c3ccoc3)c2c(OC2CCOCC2)n1. The molecule has 0 bridgehead atoms. The molecule has 108 valence electrons. The summed E-state index contributed by atoms with van der Waals surface area (Å²) in [5, 5.41) is 8.27. The van der Waals surface area contributed by atoms with Crippen molar-refractivity contribution in [1.82, 2.24) is 15.2 Å². The van der Waals surface area contributed by atoms with E-state index in [4.69, 9.17) is 13.9 Å². The molecule has 6 heteroatoms. The van der Waals surface area contributed by atoms with E-state index in [1.165, 1.54) is 0 Å². The molecule has 0 amide bonds. The average molecular weight is 285 g/mol. The van der Waals surface area contributed by atoms with Crippen LogP contribution in [0.4, 0.5) is 0 Å². The summed E-state index contributed by atoms with van der Waals surface area (Å²) >= 11 is 0. The number of aromatic amines is 1. The first-order chi connectivity index (χ1) is 10.4. The molecule has 1 aliphatic rings. The Morgan fingerprint density at radius 3 is 2.95 bits per heavy atom. The van der Waals surface area contributed by atoms with E-state index in [2.05, 4.69) is 15.2 Å².